The van der Waals surface area contributed by atoms with Crippen molar-refractivity contribution in [1.29, 1.82) is 0 Å². The molecule has 0 aromatic heterocycles. The van der Waals surface area contributed by atoms with E-state index >= 15 is 0 Å². The van der Waals surface area contributed by atoms with Crippen LogP contribution in [0.1, 0.15) is 31.9 Å². The van der Waals surface area contributed by atoms with Crippen molar-refractivity contribution in [3.05, 3.63) is 63.8 Å². The molecule has 0 unspecified atom stereocenters. The van der Waals surface area contributed by atoms with Crippen LogP contribution in [0.5, 0.6) is 11.5 Å². The van der Waals surface area contributed by atoms with Crippen LogP contribution in [0.4, 0.5) is 0 Å². The van der Waals surface area contributed by atoms with Crippen molar-refractivity contribution >= 4 is 33.9 Å². The molecule has 0 N–H and O–H groups in total. The molecule has 2 aromatic rings. The Labute approximate surface area is 166 Å². The maximum Gasteiger partial charge on any atom is 0.363 e. The average Bonchev–Trinajstić information content (AvgIpc) is 2.98. The number of hydrogen-bond donors (Lipinski definition) is 0. The summed E-state index contributed by atoms with van der Waals surface area (Å²) in [6.45, 7) is 6.34. The van der Waals surface area contributed by atoms with Crippen LogP contribution >= 0.6 is 15.9 Å². The van der Waals surface area contributed by atoms with E-state index in [1.54, 1.807) is 6.08 Å². The maximum absolute atomic E-state index is 12.2. The molecule has 5 nitrogen and oxygen atoms in total. The number of carbonyl (C=O) groups is 1. The second-order valence-electron chi connectivity index (χ2n) is 6.12. The Morgan fingerprint density at radius 1 is 1.19 bits per heavy atom. The van der Waals surface area contributed by atoms with Gasteiger partial charge in [-0.05, 0) is 72.6 Å². The van der Waals surface area contributed by atoms with E-state index in [9.17, 15) is 4.79 Å². The zero-order chi connectivity index (χ0) is 19.4. The van der Waals surface area contributed by atoms with Gasteiger partial charge in [0.2, 0.25) is 5.90 Å². The first-order valence-electron chi connectivity index (χ1n) is 8.69. The Morgan fingerprint density at radius 3 is 2.67 bits per heavy atom. The lowest BCUT2D eigenvalue weighted by Gasteiger charge is -2.14. The van der Waals surface area contributed by atoms with E-state index in [4.69, 9.17) is 14.2 Å². The number of hydrogen-bond acceptors (Lipinski definition) is 5. The first kappa shape index (κ1) is 19.2. The van der Waals surface area contributed by atoms with Crippen LogP contribution in [0, 0.1) is 0 Å². The Morgan fingerprint density at radius 2 is 1.96 bits per heavy atom. The molecule has 1 aliphatic rings. The minimum absolute atomic E-state index is 0.0368. The Kier molecular flexibility index (Phi) is 5.96. The quantitative estimate of drug-likeness (QED) is 0.479. The van der Waals surface area contributed by atoms with E-state index < -0.39 is 5.97 Å². The average molecular weight is 430 g/mol. The van der Waals surface area contributed by atoms with E-state index in [1.807, 2.05) is 63.2 Å². The van der Waals surface area contributed by atoms with Crippen LogP contribution in [-0.2, 0) is 9.53 Å². The minimum atomic E-state index is -0.485. The molecular formula is C21H20BrNO4. The summed E-state index contributed by atoms with van der Waals surface area (Å²) >= 11 is 3.45. The van der Waals surface area contributed by atoms with Crippen molar-refractivity contribution in [2.24, 2.45) is 4.99 Å². The van der Waals surface area contributed by atoms with E-state index in [-0.39, 0.29) is 17.7 Å². The van der Waals surface area contributed by atoms with Gasteiger partial charge in [-0.1, -0.05) is 18.2 Å². The topological polar surface area (TPSA) is 57.1 Å². The van der Waals surface area contributed by atoms with Crippen molar-refractivity contribution < 1.29 is 19.0 Å². The van der Waals surface area contributed by atoms with Crippen LogP contribution in [-0.4, -0.2) is 24.6 Å². The van der Waals surface area contributed by atoms with E-state index in [0.717, 1.165) is 15.6 Å². The summed E-state index contributed by atoms with van der Waals surface area (Å²) in [5, 5.41) is 0. The monoisotopic (exact) mass is 429 g/mol. The van der Waals surface area contributed by atoms with Crippen LogP contribution in [0.25, 0.3) is 6.08 Å². The first-order chi connectivity index (χ1) is 13.0. The highest BCUT2D eigenvalue weighted by Crippen LogP contribution is 2.31. The molecule has 0 saturated carbocycles. The molecule has 0 aliphatic carbocycles. The van der Waals surface area contributed by atoms with Gasteiger partial charge in [0.05, 0.1) is 18.3 Å². The zero-order valence-electron chi connectivity index (χ0n) is 15.4. The molecule has 1 heterocycles. The highest BCUT2D eigenvalue weighted by Gasteiger charge is 2.25. The largest absolute Gasteiger partial charge is 0.490 e. The number of rotatable bonds is 6. The number of cyclic esters (lactones) is 1. The summed E-state index contributed by atoms with van der Waals surface area (Å²) in [5.41, 5.74) is 1.74. The number of halogens is 1. The predicted molar refractivity (Wildman–Crippen MR) is 108 cm³/mol. The third kappa shape index (κ3) is 4.57. The Balaban J connectivity index is 1.92. The van der Waals surface area contributed by atoms with Gasteiger partial charge in [0.1, 0.15) is 0 Å². The van der Waals surface area contributed by atoms with Gasteiger partial charge < -0.3 is 14.2 Å². The molecule has 0 radical (unpaired) electrons. The number of aliphatic imine (C=N–C) groups is 1. The summed E-state index contributed by atoms with van der Waals surface area (Å²) < 4.78 is 17.6. The molecule has 0 bridgehead atoms. The van der Waals surface area contributed by atoms with Crippen LogP contribution in [0.15, 0.2) is 57.6 Å². The molecule has 3 rings (SSSR count). The van der Waals surface area contributed by atoms with Crippen molar-refractivity contribution in [3.63, 3.8) is 0 Å². The van der Waals surface area contributed by atoms with Crippen LogP contribution in [0.3, 0.4) is 0 Å². The molecule has 2 aromatic carbocycles. The first-order valence-corrected chi connectivity index (χ1v) is 9.48. The van der Waals surface area contributed by atoms with Crippen LogP contribution in [0.2, 0.25) is 0 Å². The number of nitrogens with zero attached hydrogens (tertiary/aromatic N) is 1. The van der Waals surface area contributed by atoms with Crippen molar-refractivity contribution in [3.8, 4) is 11.5 Å². The zero-order valence-corrected chi connectivity index (χ0v) is 16.9. The van der Waals surface area contributed by atoms with Crippen molar-refractivity contribution in [2.45, 2.75) is 26.9 Å². The molecule has 0 atom stereocenters. The third-order valence-corrected chi connectivity index (χ3v) is 4.35. The second-order valence-corrected chi connectivity index (χ2v) is 6.98. The fourth-order valence-corrected chi connectivity index (χ4v) is 3.01. The highest BCUT2D eigenvalue weighted by molar-refractivity contribution is 9.10. The van der Waals surface area contributed by atoms with E-state index in [2.05, 4.69) is 20.9 Å². The third-order valence-electron chi connectivity index (χ3n) is 3.66. The molecule has 27 heavy (non-hydrogen) atoms. The summed E-state index contributed by atoms with van der Waals surface area (Å²) in [6, 6.07) is 13.0. The smallest absolute Gasteiger partial charge is 0.363 e. The van der Waals surface area contributed by atoms with Gasteiger partial charge in [-0.25, -0.2) is 9.79 Å². The highest BCUT2D eigenvalue weighted by atomic mass is 79.9. The standard InChI is InChI=1S/C21H20BrNO4/c1-4-25-19-12-14(9-10-18(19)26-13(2)3)11-17-21(24)27-20(23-17)15-7-5-6-8-16(15)22/h5-13H,4H2,1-3H3/b17-11-. The predicted octanol–water partition coefficient (Wildman–Crippen LogP) is 4.98. The molecule has 0 amide bonds. The van der Waals surface area contributed by atoms with E-state index in [1.165, 1.54) is 0 Å². The maximum atomic E-state index is 12.2. The molecule has 1 aliphatic heterocycles. The number of benzene rings is 2. The van der Waals surface area contributed by atoms with Gasteiger partial charge in [0.25, 0.3) is 0 Å². The van der Waals surface area contributed by atoms with Crippen molar-refractivity contribution in [2.75, 3.05) is 6.61 Å². The fourth-order valence-electron chi connectivity index (χ4n) is 2.55. The lowest BCUT2D eigenvalue weighted by molar-refractivity contribution is -0.129. The summed E-state index contributed by atoms with van der Waals surface area (Å²) in [5.74, 6) is 1.09. The van der Waals surface area contributed by atoms with Gasteiger partial charge in [-0.2, -0.15) is 0 Å². The number of ether oxygens (including phenoxy) is 3. The summed E-state index contributed by atoms with van der Waals surface area (Å²) in [7, 11) is 0. The van der Waals surface area contributed by atoms with Gasteiger partial charge in [0, 0.05) is 4.47 Å². The summed E-state index contributed by atoms with van der Waals surface area (Å²) in [4.78, 5) is 16.6. The lowest BCUT2D eigenvalue weighted by atomic mass is 10.1. The lowest BCUT2D eigenvalue weighted by Crippen LogP contribution is -2.07. The molecule has 0 fully saturated rings. The van der Waals surface area contributed by atoms with Gasteiger partial charge in [0.15, 0.2) is 17.2 Å². The van der Waals surface area contributed by atoms with Gasteiger partial charge >= 0.3 is 5.97 Å². The second kappa shape index (κ2) is 8.39. The van der Waals surface area contributed by atoms with E-state index in [0.29, 0.717) is 18.1 Å². The SMILES string of the molecule is CCOc1cc(/C=C2\N=C(c3ccccc3Br)OC2=O)ccc1OC(C)C. The fraction of sp³-hybridized carbons (Fsp3) is 0.238. The molecule has 0 spiro atoms. The van der Waals surface area contributed by atoms with Crippen LogP contribution < -0.4 is 9.47 Å². The van der Waals surface area contributed by atoms with Gasteiger partial charge in [-0.3, -0.25) is 0 Å². The van der Waals surface area contributed by atoms with Gasteiger partial charge in [-0.15, -0.1) is 0 Å². The molecule has 140 valence electrons. The molecular weight excluding hydrogens is 410 g/mol. The Bertz CT molecular complexity index is 918. The Hall–Kier alpha value is -2.60. The number of esters is 1. The summed E-state index contributed by atoms with van der Waals surface area (Å²) in [6.07, 6.45) is 1.71. The normalized spacial score (nSPS) is 15.1. The molecule has 6 heteroatoms. The van der Waals surface area contributed by atoms with Crippen molar-refractivity contribution in [1.82, 2.24) is 0 Å². The minimum Gasteiger partial charge on any atom is -0.490 e. The number of carbonyl (C=O) groups excluding carboxylic acids is 1. The molecule has 0 saturated heterocycles.